The second-order valence-electron chi connectivity index (χ2n) is 26.0. The van der Waals surface area contributed by atoms with Crippen molar-refractivity contribution in [2.24, 2.45) is 0 Å². The van der Waals surface area contributed by atoms with Crippen LogP contribution in [0.5, 0.6) is 0 Å². The lowest BCUT2D eigenvalue weighted by Crippen LogP contribution is -2.66. The Kier molecular flexibility index (Phi) is 52.1. The molecule has 0 bridgehead atoms. The molecule has 17 atom stereocenters. The first-order chi connectivity index (χ1) is 47.3. The van der Waals surface area contributed by atoms with Crippen LogP contribution in [-0.2, 0) is 33.2 Å². The number of carbonyl (C=O) groups excluding carboxylic acids is 1. The van der Waals surface area contributed by atoms with Crippen LogP contribution in [0.2, 0.25) is 0 Å². The molecule has 556 valence electrons. The van der Waals surface area contributed by atoms with Crippen LogP contribution in [0.3, 0.4) is 0 Å². The summed E-state index contributed by atoms with van der Waals surface area (Å²) in [6.45, 7) is 1.57. The SMILES string of the molecule is CC/C=C\C/C=C\C/C=C\C/C=C\C/C=C\C/C=C\C/C=C\CCCCCC(=O)NC(COC1OC(CO)C(OC2OC(CO)C(OC3OC(CO)C(O)C(O)C3O)C(O)C2O)C(O)C1O)C(O)/C=C/CC/C=C/CC/C=C/CCCCCCCCCCCCCCCCCCC. The van der Waals surface area contributed by atoms with Gasteiger partial charge in [0, 0.05) is 6.42 Å². The smallest absolute Gasteiger partial charge is 0.220 e. The Bertz CT molecular complexity index is 2230. The molecule has 97 heavy (non-hydrogen) atoms. The van der Waals surface area contributed by atoms with Gasteiger partial charge in [0.1, 0.15) is 73.2 Å². The summed E-state index contributed by atoms with van der Waals surface area (Å²) < 4.78 is 34.3. The highest BCUT2D eigenvalue weighted by molar-refractivity contribution is 5.76. The maximum atomic E-state index is 13.4. The van der Waals surface area contributed by atoms with Gasteiger partial charge in [-0.15, -0.1) is 0 Å². The first-order valence-corrected chi connectivity index (χ1v) is 37.3. The summed E-state index contributed by atoms with van der Waals surface area (Å²) in [6, 6.07) is -1.03. The number of rotatable bonds is 56. The molecule has 19 heteroatoms. The van der Waals surface area contributed by atoms with E-state index >= 15 is 0 Å². The molecule has 0 aromatic heterocycles. The van der Waals surface area contributed by atoms with Crippen molar-refractivity contribution < 1.29 is 89.4 Å². The van der Waals surface area contributed by atoms with Crippen molar-refractivity contribution in [1.29, 1.82) is 0 Å². The number of allylic oxidation sites excluding steroid dienone is 19. The van der Waals surface area contributed by atoms with Crippen molar-refractivity contribution in [2.75, 3.05) is 26.4 Å². The highest BCUT2D eigenvalue weighted by atomic mass is 16.8. The lowest BCUT2D eigenvalue weighted by Gasteiger charge is -2.48. The lowest BCUT2D eigenvalue weighted by atomic mass is 9.96. The molecule has 0 spiro atoms. The van der Waals surface area contributed by atoms with Gasteiger partial charge in [0.25, 0.3) is 0 Å². The minimum Gasteiger partial charge on any atom is -0.394 e. The number of ether oxygens (including phenoxy) is 6. The van der Waals surface area contributed by atoms with Crippen LogP contribution in [0.15, 0.2) is 122 Å². The molecular formula is C78H131NO18. The van der Waals surface area contributed by atoms with Gasteiger partial charge < -0.3 is 89.9 Å². The first kappa shape index (κ1) is 87.4. The van der Waals surface area contributed by atoms with Crippen molar-refractivity contribution >= 4 is 5.91 Å². The summed E-state index contributed by atoms with van der Waals surface area (Å²) in [4.78, 5) is 13.4. The fraction of sp³-hybridized carbons (Fsp3) is 0.731. The Morgan fingerprint density at radius 2 is 0.722 bits per heavy atom. The Hall–Kier alpha value is -3.81. The van der Waals surface area contributed by atoms with Crippen LogP contribution < -0.4 is 5.32 Å². The van der Waals surface area contributed by atoms with Gasteiger partial charge in [-0.3, -0.25) is 4.79 Å². The zero-order chi connectivity index (χ0) is 70.4. The predicted molar refractivity (Wildman–Crippen MR) is 383 cm³/mol. The van der Waals surface area contributed by atoms with E-state index in [9.17, 15) is 61.0 Å². The average Bonchev–Trinajstić information content (AvgIpc) is 0.797. The molecule has 0 aromatic carbocycles. The normalized spacial score (nSPS) is 27.6. The minimum absolute atomic E-state index is 0.184. The minimum atomic E-state index is -1.99. The molecular weight excluding hydrogens is 1240 g/mol. The number of carbonyl (C=O) groups is 1. The van der Waals surface area contributed by atoms with Crippen molar-refractivity contribution in [3.8, 4) is 0 Å². The summed E-state index contributed by atoms with van der Waals surface area (Å²) in [7, 11) is 0. The molecule has 3 saturated heterocycles. The molecule has 3 heterocycles. The van der Waals surface area contributed by atoms with Crippen LogP contribution in [0.25, 0.3) is 0 Å². The maximum absolute atomic E-state index is 13.4. The highest BCUT2D eigenvalue weighted by Crippen LogP contribution is 2.33. The number of hydrogen-bond donors (Lipinski definition) is 12. The van der Waals surface area contributed by atoms with Crippen molar-refractivity contribution in [3.63, 3.8) is 0 Å². The van der Waals surface area contributed by atoms with E-state index in [1.54, 1.807) is 6.08 Å². The van der Waals surface area contributed by atoms with E-state index in [4.69, 9.17) is 28.4 Å². The zero-order valence-corrected chi connectivity index (χ0v) is 59.0. The summed E-state index contributed by atoms with van der Waals surface area (Å²) in [6.07, 6.45) is 53.2. The van der Waals surface area contributed by atoms with E-state index in [0.717, 1.165) is 89.9 Å². The van der Waals surface area contributed by atoms with Crippen molar-refractivity contribution in [3.05, 3.63) is 122 Å². The fourth-order valence-corrected chi connectivity index (χ4v) is 11.7. The van der Waals surface area contributed by atoms with Gasteiger partial charge in [0.05, 0.1) is 38.6 Å². The van der Waals surface area contributed by atoms with Crippen molar-refractivity contribution in [2.45, 2.75) is 336 Å². The van der Waals surface area contributed by atoms with E-state index in [-0.39, 0.29) is 12.3 Å². The summed E-state index contributed by atoms with van der Waals surface area (Å²) in [5.41, 5.74) is 0. The maximum Gasteiger partial charge on any atom is 0.220 e. The third-order valence-electron chi connectivity index (χ3n) is 17.7. The number of aliphatic hydroxyl groups excluding tert-OH is 11. The van der Waals surface area contributed by atoms with E-state index < -0.39 is 131 Å². The van der Waals surface area contributed by atoms with Crippen LogP contribution in [-0.4, -0.2) is 193 Å². The topological polar surface area (TPSA) is 307 Å². The molecule has 1 amide bonds. The number of unbranched alkanes of at least 4 members (excludes halogenated alkanes) is 22. The standard InChI is InChI=1S/C78H131NO18/c1-3-5-7-9-11-13-15-17-19-21-23-25-27-29-30-32-33-35-37-39-41-43-45-47-49-51-53-55-62(83)61(79-66(84)56-54-52-50-48-46-44-42-40-38-36-34-31-28-26-24-22-20-18-16-14-12-10-8-6-4-2)60-92-76-72(90)69(87)74(64(58-81)94-76)97-78-73(91)70(88)75(65(59-82)95-78)96-77-71(89)68(86)67(85)63(57-80)93-77/h6,8,12,14,18,20,24,26,31,34,37-40,44-47,53,55,61-65,67-78,80-83,85-91H,3-5,7,9-11,13,15-17,19,21-23,25,27-30,32-33,35-36,41-43,48-52,54,56-60H2,1-2H3,(H,79,84)/b8-6-,14-12-,20-18-,26-24-,34-31-,39-37+,40-38-,46-44-,47-45+,55-53+. The van der Waals surface area contributed by atoms with E-state index in [2.05, 4.69) is 129 Å². The van der Waals surface area contributed by atoms with Gasteiger partial charge in [-0.2, -0.15) is 0 Å². The van der Waals surface area contributed by atoms with Gasteiger partial charge >= 0.3 is 0 Å². The Morgan fingerprint density at radius 3 is 1.15 bits per heavy atom. The van der Waals surface area contributed by atoms with E-state index in [0.29, 0.717) is 12.8 Å². The second kappa shape index (κ2) is 57.8. The molecule has 0 saturated carbocycles. The van der Waals surface area contributed by atoms with Gasteiger partial charge in [-0.1, -0.05) is 245 Å². The third kappa shape index (κ3) is 38.7. The fourth-order valence-electron chi connectivity index (χ4n) is 11.7. The molecule has 3 aliphatic rings. The Labute approximate surface area is 582 Å². The number of amides is 1. The summed E-state index contributed by atoms with van der Waals surface area (Å²) >= 11 is 0. The number of hydrogen-bond acceptors (Lipinski definition) is 18. The second-order valence-corrected chi connectivity index (χ2v) is 26.0. The predicted octanol–water partition coefficient (Wildman–Crippen LogP) is 11.2. The molecule has 17 unspecified atom stereocenters. The Morgan fingerprint density at radius 1 is 0.381 bits per heavy atom. The lowest BCUT2D eigenvalue weighted by molar-refractivity contribution is -0.379. The Balaban J connectivity index is 1.45. The van der Waals surface area contributed by atoms with Gasteiger partial charge in [0.15, 0.2) is 18.9 Å². The quantitative estimate of drug-likeness (QED) is 0.0199. The summed E-state index contributed by atoms with van der Waals surface area (Å²) in [5.74, 6) is -0.325. The third-order valence-corrected chi connectivity index (χ3v) is 17.7. The monoisotopic (exact) mass is 1370 g/mol. The number of aliphatic hydroxyl groups is 11. The largest absolute Gasteiger partial charge is 0.394 e. The first-order valence-electron chi connectivity index (χ1n) is 37.3. The van der Waals surface area contributed by atoms with E-state index in [1.165, 1.54) is 109 Å². The number of nitrogens with one attached hydrogen (secondary N) is 1. The molecule has 3 rings (SSSR count). The molecule has 0 aromatic rings. The molecule has 12 N–H and O–H groups in total. The molecule has 0 aliphatic carbocycles. The van der Waals surface area contributed by atoms with Crippen LogP contribution in [0.4, 0.5) is 0 Å². The van der Waals surface area contributed by atoms with Crippen LogP contribution >= 0.6 is 0 Å². The van der Waals surface area contributed by atoms with Crippen molar-refractivity contribution in [1.82, 2.24) is 5.32 Å². The highest BCUT2D eigenvalue weighted by Gasteiger charge is 2.53. The summed E-state index contributed by atoms with van der Waals surface area (Å²) in [5, 5.41) is 121. The average molecular weight is 1370 g/mol. The van der Waals surface area contributed by atoms with Gasteiger partial charge in [0.2, 0.25) is 5.91 Å². The van der Waals surface area contributed by atoms with Crippen LogP contribution in [0.1, 0.15) is 232 Å². The zero-order valence-electron chi connectivity index (χ0n) is 59.0. The van der Waals surface area contributed by atoms with Gasteiger partial charge in [-0.05, 0) is 103 Å². The van der Waals surface area contributed by atoms with E-state index in [1.807, 2.05) is 6.08 Å². The molecule has 0 radical (unpaired) electrons. The van der Waals surface area contributed by atoms with Crippen LogP contribution in [0, 0.1) is 0 Å². The molecule has 19 nitrogen and oxygen atoms in total. The molecule has 3 aliphatic heterocycles. The molecule has 3 fully saturated rings. The van der Waals surface area contributed by atoms with Gasteiger partial charge in [-0.25, -0.2) is 0 Å².